The number of rotatable bonds is 3. The molecule has 5 nitrogen and oxygen atoms in total. The van der Waals surface area contributed by atoms with E-state index in [2.05, 4.69) is 5.32 Å². The van der Waals surface area contributed by atoms with Crippen LogP contribution in [0.1, 0.15) is 17.3 Å². The van der Waals surface area contributed by atoms with Crippen molar-refractivity contribution in [3.63, 3.8) is 0 Å². The highest BCUT2D eigenvalue weighted by atomic mass is 16.5. The van der Waals surface area contributed by atoms with E-state index in [1.165, 1.54) is 6.07 Å². The molecule has 0 aliphatic heterocycles. The Bertz CT molecular complexity index is 377. The van der Waals surface area contributed by atoms with Crippen LogP contribution in [0.2, 0.25) is 0 Å². The van der Waals surface area contributed by atoms with E-state index in [0.717, 1.165) is 0 Å². The molecule has 0 heterocycles. The molecule has 0 saturated heterocycles. The van der Waals surface area contributed by atoms with Crippen molar-refractivity contribution >= 4 is 17.7 Å². The molecule has 0 aliphatic rings. The van der Waals surface area contributed by atoms with Crippen molar-refractivity contribution < 1.29 is 14.3 Å². The zero-order chi connectivity index (χ0) is 11.3. The van der Waals surface area contributed by atoms with Crippen LogP contribution in [0, 0.1) is 0 Å². The molecule has 0 aliphatic carbocycles. The lowest BCUT2D eigenvalue weighted by atomic mass is 10.2. The monoisotopic (exact) mass is 208 g/mol. The molecule has 0 atom stereocenters. The van der Waals surface area contributed by atoms with Crippen molar-refractivity contribution in [3.05, 3.63) is 29.8 Å². The Morgan fingerprint density at radius 2 is 2.20 bits per heavy atom. The summed E-state index contributed by atoms with van der Waals surface area (Å²) in [6, 6.07) is 5.70. The number of anilines is 1. The van der Waals surface area contributed by atoms with Crippen LogP contribution in [-0.4, -0.2) is 18.6 Å². The van der Waals surface area contributed by atoms with E-state index in [9.17, 15) is 9.59 Å². The van der Waals surface area contributed by atoms with Crippen molar-refractivity contribution in [2.24, 2.45) is 5.73 Å². The Kier molecular flexibility index (Phi) is 3.68. The van der Waals surface area contributed by atoms with Crippen molar-refractivity contribution in [2.45, 2.75) is 6.92 Å². The molecule has 1 aromatic carbocycles. The predicted molar refractivity (Wildman–Crippen MR) is 55.6 cm³/mol. The molecular weight excluding hydrogens is 196 g/mol. The van der Waals surface area contributed by atoms with Gasteiger partial charge in [-0.2, -0.15) is 0 Å². The fraction of sp³-hybridized carbons (Fsp3) is 0.200. The molecule has 15 heavy (non-hydrogen) atoms. The Morgan fingerprint density at radius 1 is 1.47 bits per heavy atom. The van der Waals surface area contributed by atoms with Crippen LogP contribution < -0.4 is 11.1 Å². The molecule has 3 N–H and O–H groups in total. The predicted octanol–water partition coefficient (Wildman–Crippen LogP) is 1.35. The molecule has 0 bridgehead atoms. The van der Waals surface area contributed by atoms with Crippen molar-refractivity contribution in [1.29, 1.82) is 0 Å². The fourth-order valence-corrected chi connectivity index (χ4v) is 1.08. The topological polar surface area (TPSA) is 81.4 Å². The normalized spacial score (nSPS) is 9.40. The summed E-state index contributed by atoms with van der Waals surface area (Å²) in [4.78, 5) is 21.9. The van der Waals surface area contributed by atoms with Crippen LogP contribution in [0.25, 0.3) is 0 Å². The van der Waals surface area contributed by atoms with Crippen LogP contribution in [0.3, 0.4) is 0 Å². The Hall–Kier alpha value is -2.04. The van der Waals surface area contributed by atoms with Gasteiger partial charge < -0.3 is 15.8 Å². The summed E-state index contributed by atoms with van der Waals surface area (Å²) in [6.07, 6.45) is 0. The Balaban J connectivity index is 2.82. The zero-order valence-electron chi connectivity index (χ0n) is 8.32. The minimum absolute atomic E-state index is 0.312. The Morgan fingerprint density at radius 3 is 2.80 bits per heavy atom. The lowest BCUT2D eigenvalue weighted by molar-refractivity contribution is 0.0526. The van der Waals surface area contributed by atoms with Crippen LogP contribution in [0.15, 0.2) is 24.3 Å². The number of primary amides is 1. The molecule has 1 rings (SSSR count). The van der Waals surface area contributed by atoms with Gasteiger partial charge >= 0.3 is 12.0 Å². The minimum atomic E-state index is -0.670. The third-order valence-electron chi connectivity index (χ3n) is 1.64. The highest BCUT2D eigenvalue weighted by Gasteiger charge is 2.06. The number of esters is 1. The lowest BCUT2D eigenvalue weighted by Crippen LogP contribution is -2.19. The maximum absolute atomic E-state index is 11.3. The summed E-state index contributed by atoms with van der Waals surface area (Å²) >= 11 is 0. The second-order valence-electron chi connectivity index (χ2n) is 2.79. The zero-order valence-corrected chi connectivity index (χ0v) is 8.32. The van der Waals surface area contributed by atoms with Crippen molar-refractivity contribution in [1.82, 2.24) is 0 Å². The quantitative estimate of drug-likeness (QED) is 0.735. The van der Waals surface area contributed by atoms with Gasteiger partial charge in [0.25, 0.3) is 0 Å². The highest BCUT2D eigenvalue weighted by Crippen LogP contribution is 2.11. The summed E-state index contributed by atoms with van der Waals surface area (Å²) in [6.45, 7) is 2.04. The lowest BCUT2D eigenvalue weighted by Gasteiger charge is -2.04. The number of urea groups is 1. The number of benzene rings is 1. The smallest absolute Gasteiger partial charge is 0.338 e. The van der Waals surface area contributed by atoms with Gasteiger partial charge in [-0.1, -0.05) is 6.07 Å². The molecule has 1 aromatic rings. The second-order valence-corrected chi connectivity index (χ2v) is 2.79. The second kappa shape index (κ2) is 4.99. The van der Waals surface area contributed by atoms with Gasteiger partial charge in [0.15, 0.2) is 0 Å². The molecule has 0 radical (unpaired) electrons. The summed E-state index contributed by atoms with van der Waals surface area (Å²) in [5, 5.41) is 2.37. The number of ether oxygens (including phenoxy) is 1. The van der Waals surface area contributed by atoms with E-state index in [1.807, 2.05) is 0 Å². The van der Waals surface area contributed by atoms with Gasteiger partial charge in [-0.3, -0.25) is 0 Å². The van der Waals surface area contributed by atoms with Crippen molar-refractivity contribution in [2.75, 3.05) is 11.9 Å². The Labute approximate surface area is 87.2 Å². The average Bonchev–Trinajstić information content (AvgIpc) is 2.17. The first-order valence-corrected chi connectivity index (χ1v) is 4.47. The molecular formula is C10H12N2O3. The first-order chi connectivity index (χ1) is 7.13. The largest absolute Gasteiger partial charge is 0.462 e. The molecule has 0 unspecified atom stereocenters. The van der Waals surface area contributed by atoms with Gasteiger partial charge in [0.1, 0.15) is 0 Å². The van der Waals surface area contributed by atoms with Gasteiger partial charge in [-0.25, -0.2) is 9.59 Å². The third-order valence-corrected chi connectivity index (χ3v) is 1.64. The van der Waals surface area contributed by atoms with Crippen LogP contribution in [0.4, 0.5) is 10.5 Å². The first kappa shape index (κ1) is 11.0. The van der Waals surface area contributed by atoms with Gasteiger partial charge in [0.2, 0.25) is 0 Å². The summed E-state index contributed by atoms with van der Waals surface area (Å²) < 4.78 is 4.81. The number of hydrogen-bond donors (Lipinski definition) is 2. The SMILES string of the molecule is CCOC(=O)c1cccc(NC(N)=O)c1. The standard InChI is InChI=1S/C10H12N2O3/c1-2-15-9(13)7-4-3-5-8(6-7)12-10(11)14/h3-6H,2H2,1H3,(H3,11,12,14). The number of carbonyl (C=O) groups is 2. The minimum Gasteiger partial charge on any atom is -0.462 e. The van der Waals surface area contributed by atoms with E-state index in [1.54, 1.807) is 25.1 Å². The molecule has 0 aromatic heterocycles. The van der Waals surface area contributed by atoms with Gasteiger partial charge in [-0.15, -0.1) is 0 Å². The molecule has 0 saturated carbocycles. The maximum Gasteiger partial charge on any atom is 0.338 e. The number of carbonyl (C=O) groups excluding carboxylic acids is 2. The fourth-order valence-electron chi connectivity index (χ4n) is 1.08. The van der Waals surface area contributed by atoms with Gasteiger partial charge in [0, 0.05) is 5.69 Å². The van der Waals surface area contributed by atoms with Crippen LogP contribution >= 0.6 is 0 Å². The van der Waals surface area contributed by atoms with E-state index in [4.69, 9.17) is 10.5 Å². The third kappa shape index (κ3) is 3.30. The van der Waals surface area contributed by atoms with Gasteiger partial charge in [-0.05, 0) is 25.1 Å². The number of nitrogens with one attached hydrogen (secondary N) is 1. The number of hydrogen-bond acceptors (Lipinski definition) is 3. The van der Waals surface area contributed by atoms with E-state index in [0.29, 0.717) is 17.9 Å². The molecule has 0 fully saturated rings. The molecule has 80 valence electrons. The maximum atomic E-state index is 11.3. The van der Waals surface area contributed by atoms with Crippen LogP contribution in [0.5, 0.6) is 0 Å². The van der Waals surface area contributed by atoms with E-state index >= 15 is 0 Å². The average molecular weight is 208 g/mol. The molecule has 2 amide bonds. The van der Waals surface area contributed by atoms with E-state index in [-0.39, 0.29) is 0 Å². The van der Waals surface area contributed by atoms with E-state index < -0.39 is 12.0 Å². The first-order valence-electron chi connectivity index (χ1n) is 4.47. The highest BCUT2D eigenvalue weighted by molar-refractivity contribution is 5.93. The molecule has 0 spiro atoms. The van der Waals surface area contributed by atoms with Gasteiger partial charge in [0.05, 0.1) is 12.2 Å². The summed E-state index contributed by atoms with van der Waals surface area (Å²) in [5.74, 6) is -0.425. The van der Waals surface area contributed by atoms with Crippen LogP contribution in [-0.2, 0) is 4.74 Å². The molecule has 5 heteroatoms. The van der Waals surface area contributed by atoms with Crippen molar-refractivity contribution in [3.8, 4) is 0 Å². The number of nitrogens with two attached hydrogens (primary N) is 1. The summed E-state index contributed by atoms with van der Waals surface area (Å²) in [7, 11) is 0. The number of amides is 2. The summed E-state index contributed by atoms with van der Waals surface area (Å²) in [5.41, 5.74) is 5.79.